The van der Waals surface area contributed by atoms with Crippen LogP contribution in [0.4, 0.5) is 23.2 Å². The lowest BCUT2D eigenvalue weighted by Gasteiger charge is -2.09. The van der Waals surface area contributed by atoms with Crippen LogP contribution < -0.4 is 15.4 Å². The number of rotatable bonds is 6. The van der Waals surface area contributed by atoms with Gasteiger partial charge in [0, 0.05) is 25.2 Å². The van der Waals surface area contributed by atoms with Crippen LogP contribution in [0.3, 0.4) is 0 Å². The number of benzene rings is 1. The van der Waals surface area contributed by atoms with Crippen LogP contribution in [0.2, 0.25) is 0 Å². The number of carbonyl (C=O) groups excluding carboxylic acids is 1. The predicted octanol–water partition coefficient (Wildman–Crippen LogP) is 3.62. The van der Waals surface area contributed by atoms with Crippen molar-refractivity contribution < 1.29 is 27.1 Å². The van der Waals surface area contributed by atoms with E-state index in [-0.39, 0.29) is 18.0 Å². The van der Waals surface area contributed by atoms with Gasteiger partial charge in [0.15, 0.2) is 0 Å². The standard InChI is InChI=1S/C18H17F4N3O2/c1-23-14-6-3-11(9-13(14)19)10-24-16(26)8-5-12-4-7-15(18(20,21)22)25-17(12)27-2/h3-9,23H,10H2,1-2H3,(H,24,26)/b8-5+. The molecule has 2 N–H and O–H groups in total. The molecule has 0 bridgehead atoms. The molecule has 1 amide bonds. The molecule has 5 nitrogen and oxygen atoms in total. The maximum atomic E-state index is 13.7. The first-order chi connectivity index (χ1) is 12.7. The largest absolute Gasteiger partial charge is 0.481 e. The maximum Gasteiger partial charge on any atom is 0.433 e. The lowest BCUT2D eigenvalue weighted by Crippen LogP contribution is -2.20. The summed E-state index contributed by atoms with van der Waals surface area (Å²) in [5.41, 5.74) is 0.0203. The van der Waals surface area contributed by atoms with Gasteiger partial charge in [0.2, 0.25) is 11.8 Å². The summed E-state index contributed by atoms with van der Waals surface area (Å²) in [6.07, 6.45) is -2.18. The summed E-state index contributed by atoms with van der Waals surface area (Å²) >= 11 is 0. The zero-order valence-electron chi connectivity index (χ0n) is 14.5. The zero-order chi connectivity index (χ0) is 20.0. The van der Waals surface area contributed by atoms with Gasteiger partial charge in [0.05, 0.1) is 12.8 Å². The Kier molecular flexibility index (Phi) is 6.38. The van der Waals surface area contributed by atoms with Gasteiger partial charge in [0.1, 0.15) is 11.5 Å². The second kappa shape index (κ2) is 8.52. The van der Waals surface area contributed by atoms with Crippen molar-refractivity contribution in [1.82, 2.24) is 10.3 Å². The molecule has 1 heterocycles. The summed E-state index contributed by atoms with van der Waals surface area (Å²) in [4.78, 5) is 15.3. The molecule has 0 unspecified atom stereocenters. The normalized spacial score (nSPS) is 11.5. The number of anilines is 1. The molecular weight excluding hydrogens is 366 g/mol. The van der Waals surface area contributed by atoms with E-state index in [1.165, 1.54) is 19.3 Å². The van der Waals surface area contributed by atoms with Crippen molar-refractivity contribution in [1.29, 1.82) is 0 Å². The Hall–Kier alpha value is -3.10. The van der Waals surface area contributed by atoms with Gasteiger partial charge in [-0.3, -0.25) is 4.79 Å². The van der Waals surface area contributed by atoms with E-state index in [2.05, 4.69) is 15.6 Å². The van der Waals surface area contributed by atoms with Gasteiger partial charge in [-0.25, -0.2) is 9.37 Å². The molecule has 0 spiro atoms. The molecule has 0 radical (unpaired) electrons. The van der Waals surface area contributed by atoms with Gasteiger partial charge < -0.3 is 15.4 Å². The monoisotopic (exact) mass is 383 g/mol. The second-order valence-corrected chi connectivity index (χ2v) is 5.41. The summed E-state index contributed by atoms with van der Waals surface area (Å²) in [6, 6.07) is 6.45. The van der Waals surface area contributed by atoms with E-state index in [0.717, 1.165) is 18.2 Å². The summed E-state index contributed by atoms with van der Waals surface area (Å²) in [7, 11) is 2.78. The van der Waals surface area contributed by atoms with Crippen molar-refractivity contribution >= 4 is 17.7 Å². The number of hydrogen-bond donors (Lipinski definition) is 2. The third-order valence-corrected chi connectivity index (χ3v) is 3.56. The third kappa shape index (κ3) is 5.44. The number of hydrogen-bond acceptors (Lipinski definition) is 4. The van der Waals surface area contributed by atoms with E-state index >= 15 is 0 Å². The minimum absolute atomic E-state index is 0.0898. The number of methoxy groups -OCH3 is 1. The topological polar surface area (TPSA) is 63.2 Å². The second-order valence-electron chi connectivity index (χ2n) is 5.41. The summed E-state index contributed by atoms with van der Waals surface area (Å²) in [5.74, 6) is -1.20. The molecule has 9 heteroatoms. The van der Waals surface area contributed by atoms with E-state index in [1.54, 1.807) is 19.2 Å². The van der Waals surface area contributed by atoms with Gasteiger partial charge in [0.25, 0.3) is 0 Å². The summed E-state index contributed by atoms with van der Waals surface area (Å²) in [5, 5.41) is 5.24. The highest BCUT2D eigenvalue weighted by molar-refractivity contribution is 5.92. The van der Waals surface area contributed by atoms with Crippen LogP contribution in [0.5, 0.6) is 5.88 Å². The highest BCUT2D eigenvalue weighted by Crippen LogP contribution is 2.30. The maximum absolute atomic E-state index is 13.7. The van der Waals surface area contributed by atoms with Gasteiger partial charge in [-0.1, -0.05) is 6.07 Å². The number of ether oxygens (including phenoxy) is 1. The van der Waals surface area contributed by atoms with Crippen molar-refractivity contribution in [3.05, 3.63) is 59.0 Å². The smallest absolute Gasteiger partial charge is 0.433 e. The lowest BCUT2D eigenvalue weighted by atomic mass is 10.2. The fourth-order valence-corrected chi connectivity index (χ4v) is 2.18. The minimum atomic E-state index is -4.59. The molecule has 27 heavy (non-hydrogen) atoms. The van der Waals surface area contributed by atoms with Crippen LogP contribution in [0.1, 0.15) is 16.8 Å². The molecule has 2 aromatic rings. The fraction of sp³-hybridized carbons (Fsp3) is 0.222. The Labute approximate surface area is 153 Å². The highest BCUT2D eigenvalue weighted by Gasteiger charge is 2.33. The first kappa shape index (κ1) is 20.2. The Balaban J connectivity index is 2.03. The van der Waals surface area contributed by atoms with Gasteiger partial charge >= 0.3 is 6.18 Å². The van der Waals surface area contributed by atoms with Gasteiger partial charge in [-0.2, -0.15) is 13.2 Å². The Morgan fingerprint density at radius 3 is 2.59 bits per heavy atom. The van der Waals surface area contributed by atoms with Gasteiger partial charge in [-0.15, -0.1) is 0 Å². The zero-order valence-corrected chi connectivity index (χ0v) is 14.5. The molecule has 0 aliphatic carbocycles. The number of alkyl halides is 3. The predicted molar refractivity (Wildman–Crippen MR) is 92.6 cm³/mol. The first-order valence-electron chi connectivity index (χ1n) is 7.79. The molecule has 0 aliphatic heterocycles. The first-order valence-corrected chi connectivity index (χ1v) is 7.79. The number of nitrogens with one attached hydrogen (secondary N) is 2. The highest BCUT2D eigenvalue weighted by atomic mass is 19.4. The number of amides is 1. The lowest BCUT2D eigenvalue weighted by molar-refractivity contribution is -0.141. The molecule has 1 aromatic carbocycles. The molecule has 2 rings (SSSR count). The molecule has 0 saturated heterocycles. The molecule has 0 saturated carbocycles. The van der Waals surface area contributed by atoms with Crippen LogP contribution in [0.15, 0.2) is 36.4 Å². The van der Waals surface area contributed by atoms with Crippen molar-refractivity contribution in [3.63, 3.8) is 0 Å². The van der Waals surface area contributed by atoms with E-state index in [1.807, 2.05) is 0 Å². The van der Waals surface area contributed by atoms with Gasteiger partial charge in [-0.05, 0) is 35.9 Å². The molecule has 0 fully saturated rings. The number of pyridine rings is 1. The van der Waals surface area contributed by atoms with E-state index in [4.69, 9.17) is 4.74 Å². The number of aromatic nitrogens is 1. The third-order valence-electron chi connectivity index (χ3n) is 3.56. The van der Waals surface area contributed by atoms with Crippen LogP contribution in [-0.4, -0.2) is 25.0 Å². The summed E-state index contributed by atoms with van der Waals surface area (Å²) < 4.78 is 56.5. The summed E-state index contributed by atoms with van der Waals surface area (Å²) in [6.45, 7) is 0.0898. The Morgan fingerprint density at radius 2 is 2.00 bits per heavy atom. The number of carbonyl (C=O) groups is 1. The van der Waals surface area contributed by atoms with E-state index in [0.29, 0.717) is 11.3 Å². The number of halogens is 4. The van der Waals surface area contributed by atoms with Crippen LogP contribution in [-0.2, 0) is 17.5 Å². The molecular formula is C18H17F4N3O2. The Bertz CT molecular complexity index is 851. The average molecular weight is 383 g/mol. The molecule has 1 aromatic heterocycles. The average Bonchev–Trinajstić information content (AvgIpc) is 2.63. The fourth-order valence-electron chi connectivity index (χ4n) is 2.18. The van der Waals surface area contributed by atoms with Crippen molar-refractivity contribution in [2.45, 2.75) is 12.7 Å². The quantitative estimate of drug-likeness (QED) is 0.591. The van der Waals surface area contributed by atoms with Crippen LogP contribution in [0, 0.1) is 5.82 Å². The van der Waals surface area contributed by atoms with Crippen molar-refractivity contribution in [2.75, 3.05) is 19.5 Å². The number of nitrogens with zero attached hydrogens (tertiary/aromatic N) is 1. The van der Waals surface area contributed by atoms with Crippen molar-refractivity contribution in [3.8, 4) is 5.88 Å². The minimum Gasteiger partial charge on any atom is -0.481 e. The molecule has 0 atom stereocenters. The SMILES string of the molecule is CNc1ccc(CNC(=O)/C=C/c2ccc(C(F)(F)F)nc2OC)cc1F. The van der Waals surface area contributed by atoms with E-state index in [9.17, 15) is 22.4 Å². The van der Waals surface area contributed by atoms with Crippen LogP contribution in [0.25, 0.3) is 6.08 Å². The molecule has 0 aliphatic rings. The van der Waals surface area contributed by atoms with Crippen LogP contribution >= 0.6 is 0 Å². The molecule has 144 valence electrons. The Morgan fingerprint density at radius 1 is 1.26 bits per heavy atom. The van der Waals surface area contributed by atoms with Crippen molar-refractivity contribution in [2.24, 2.45) is 0 Å². The van der Waals surface area contributed by atoms with E-state index < -0.39 is 23.6 Å².